The third kappa shape index (κ3) is 6.24. The molecular formula is C18H36O6. The zero-order chi connectivity index (χ0) is 17.9. The summed E-state index contributed by atoms with van der Waals surface area (Å²) in [6.07, 6.45) is -0.0839. The van der Waals surface area contributed by atoms with E-state index in [4.69, 9.17) is 14.2 Å². The van der Waals surface area contributed by atoms with Crippen molar-refractivity contribution < 1.29 is 29.5 Å². The van der Waals surface area contributed by atoms with Gasteiger partial charge in [0.2, 0.25) is 0 Å². The molecule has 6 atom stereocenters. The average Bonchev–Trinajstić information content (AvgIpc) is 2.58. The molecule has 144 valence electrons. The minimum Gasteiger partial charge on any atom is -0.387 e. The molecule has 6 nitrogen and oxygen atoms in total. The van der Waals surface area contributed by atoms with Crippen LogP contribution in [0.4, 0.5) is 0 Å². The summed E-state index contributed by atoms with van der Waals surface area (Å²) >= 11 is 0. The normalized spacial score (nSPS) is 33.8. The van der Waals surface area contributed by atoms with Crippen molar-refractivity contribution in [1.82, 2.24) is 0 Å². The van der Waals surface area contributed by atoms with Gasteiger partial charge >= 0.3 is 0 Å². The summed E-state index contributed by atoms with van der Waals surface area (Å²) in [5.41, 5.74) is 0. The standard InChI is InChI=1S/C18H36O6/c1-4-7-10-22-16-14(20)13(19)15(21)17(23-11-8-5-2)18(16)24-12-9-6-3/h13-21H,4-12H2,1-3H3/t13-,14-,15-,16+,17-,18-/m1/s1. The van der Waals surface area contributed by atoms with E-state index < -0.39 is 36.6 Å². The van der Waals surface area contributed by atoms with E-state index in [9.17, 15) is 15.3 Å². The molecule has 1 aliphatic carbocycles. The smallest absolute Gasteiger partial charge is 0.115 e. The van der Waals surface area contributed by atoms with Gasteiger partial charge in [0.15, 0.2) is 0 Å². The molecule has 1 aliphatic rings. The van der Waals surface area contributed by atoms with Crippen LogP contribution in [-0.2, 0) is 14.2 Å². The Bertz CT molecular complexity index is 290. The topological polar surface area (TPSA) is 88.4 Å². The molecular weight excluding hydrogens is 312 g/mol. The van der Waals surface area contributed by atoms with E-state index >= 15 is 0 Å². The summed E-state index contributed by atoms with van der Waals surface area (Å²) in [5, 5.41) is 30.9. The van der Waals surface area contributed by atoms with E-state index in [0.717, 1.165) is 38.5 Å². The summed E-state index contributed by atoms with van der Waals surface area (Å²) in [7, 11) is 0. The summed E-state index contributed by atoms with van der Waals surface area (Å²) in [6, 6.07) is 0. The summed E-state index contributed by atoms with van der Waals surface area (Å²) in [5.74, 6) is 0. The highest BCUT2D eigenvalue weighted by molar-refractivity contribution is 5.01. The molecule has 0 unspecified atom stereocenters. The second kappa shape index (κ2) is 12.2. The van der Waals surface area contributed by atoms with Crippen LogP contribution in [0.1, 0.15) is 59.3 Å². The third-order valence-corrected chi connectivity index (χ3v) is 4.45. The van der Waals surface area contributed by atoms with Crippen molar-refractivity contribution in [3.63, 3.8) is 0 Å². The van der Waals surface area contributed by atoms with Gasteiger partial charge in [0.1, 0.15) is 36.6 Å². The first-order valence-corrected chi connectivity index (χ1v) is 9.47. The lowest BCUT2D eigenvalue weighted by Gasteiger charge is -2.45. The number of unbranched alkanes of at least 4 members (excludes halogenated alkanes) is 3. The first-order valence-electron chi connectivity index (χ1n) is 9.47. The molecule has 0 spiro atoms. The number of rotatable bonds is 12. The molecule has 0 heterocycles. The van der Waals surface area contributed by atoms with Gasteiger partial charge in [-0.3, -0.25) is 0 Å². The molecule has 0 aliphatic heterocycles. The fraction of sp³-hybridized carbons (Fsp3) is 1.00. The second-order valence-electron chi connectivity index (χ2n) is 6.54. The number of hydrogen-bond acceptors (Lipinski definition) is 6. The highest BCUT2D eigenvalue weighted by Gasteiger charge is 2.51. The van der Waals surface area contributed by atoms with Crippen LogP contribution in [0.2, 0.25) is 0 Å². The SMILES string of the molecule is CCCCO[C@H]1[C@H](OCCCC)[C@H](O)[C@H](O)[C@@H](O)[C@@H]1OCCCC. The first kappa shape index (κ1) is 21.8. The molecule has 0 aromatic heterocycles. The van der Waals surface area contributed by atoms with Gasteiger partial charge in [-0.15, -0.1) is 0 Å². The lowest BCUT2D eigenvalue weighted by Crippen LogP contribution is -2.65. The van der Waals surface area contributed by atoms with Crippen molar-refractivity contribution in [3.8, 4) is 0 Å². The maximum atomic E-state index is 10.4. The van der Waals surface area contributed by atoms with Crippen molar-refractivity contribution in [2.45, 2.75) is 95.9 Å². The van der Waals surface area contributed by atoms with Gasteiger partial charge in [-0.2, -0.15) is 0 Å². The molecule has 6 heteroatoms. The van der Waals surface area contributed by atoms with Crippen LogP contribution < -0.4 is 0 Å². The van der Waals surface area contributed by atoms with Gasteiger partial charge in [0.05, 0.1) is 0 Å². The van der Waals surface area contributed by atoms with Gasteiger partial charge in [0.25, 0.3) is 0 Å². The summed E-state index contributed by atoms with van der Waals surface area (Å²) in [4.78, 5) is 0. The monoisotopic (exact) mass is 348 g/mol. The molecule has 0 bridgehead atoms. The molecule has 0 radical (unpaired) electrons. The lowest BCUT2D eigenvalue weighted by atomic mass is 9.84. The fourth-order valence-corrected chi connectivity index (χ4v) is 2.83. The quantitative estimate of drug-likeness (QED) is 0.465. The second-order valence-corrected chi connectivity index (χ2v) is 6.54. The van der Waals surface area contributed by atoms with Crippen LogP contribution in [0.5, 0.6) is 0 Å². The predicted octanol–water partition coefficient (Wildman–Crippen LogP) is 1.64. The van der Waals surface area contributed by atoms with Gasteiger partial charge in [0, 0.05) is 19.8 Å². The highest BCUT2D eigenvalue weighted by Crippen LogP contribution is 2.29. The number of ether oxygens (including phenoxy) is 3. The van der Waals surface area contributed by atoms with E-state index in [-0.39, 0.29) is 0 Å². The largest absolute Gasteiger partial charge is 0.387 e. The van der Waals surface area contributed by atoms with E-state index in [1.807, 2.05) is 0 Å². The van der Waals surface area contributed by atoms with Crippen LogP contribution in [0.25, 0.3) is 0 Å². The van der Waals surface area contributed by atoms with Crippen LogP contribution in [-0.4, -0.2) is 71.8 Å². The molecule has 1 fully saturated rings. The average molecular weight is 348 g/mol. The Morgan fingerprint density at radius 1 is 0.542 bits per heavy atom. The zero-order valence-corrected chi connectivity index (χ0v) is 15.4. The van der Waals surface area contributed by atoms with Crippen LogP contribution in [0, 0.1) is 0 Å². The molecule has 0 aromatic carbocycles. The molecule has 1 rings (SSSR count). The number of aliphatic hydroxyl groups is 3. The number of hydrogen-bond donors (Lipinski definition) is 3. The Morgan fingerprint density at radius 3 is 1.21 bits per heavy atom. The first-order chi connectivity index (χ1) is 11.6. The molecule has 3 N–H and O–H groups in total. The van der Waals surface area contributed by atoms with E-state index in [1.165, 1.54) is 0 Å². The Morgan fingerprint density at radius 2 is 0.875 bits per heavy atom. The highest BCUT2D eigenvalue weighted by atomic mass is 16.6. The molecule has 1 saturated carbocycles. The zero-order valence-electron chi connectivity index (χ0n) is 15.4. The Hall–Kier alpha value is -0.240. The minimum absolute atomic E-state index is 0.482. The molecule has 0 amide bonds. The Labute approximate surface area is 146 Å². The summed E-state index contributed by atoms with van der Waals surface area (Å²) in [6.45, 7) is 7.67. The minimum atomic E-state index is -1.30. The van der Waals surface area contributed by atoms with Crippen molar-refractivity contribution in [1.29, 1.82) is 0 Å². The predicted molar refractivity (Wildman–Crippen MR) is 92.0 cm³/mol. The van der Waals surface area contributed by atoms with E-state index in [1.54, 1.807) is 0 Å². The van der Waals surface area contributed by atoms with Crippen molar-refractivity contribution in [2.24, 2.45) is 0 Å². The maximum Gasteiger partial charge on any atom is 0.115 e. The van der Waals surface area contributed by atoms with Crippen molar-refractivity contribution in [3.05, 3.63) is 0 Å². The van der Waals surface area contributed by atoms with Crippen molar-refractivity contribution >= 4 is 0 Å². The Kier molecular flexibility index (Phi) is 11.1. The molecule has 0 aromatic rings. The third-order valence-electron chi connectivity index (χ3n) is 4.45. The number of aliphatic hydroxyl groups excluding tert-OH is 3. The lowest BCUT2D eigenvalue weighted by molar-refractivity contribution is -0.257. The fourth-order valence-electron chi connectivity index (χ4n) is 2.83. The summed E-state index contributed by atoms with van der Waals surface area (Å²) < 4.78 is 17.5. The van der Waals surface area contributed by atoms with Crippen LogP contribution in [0.3, 0.4) is 0 Å². The van der Waals surface area contributed by atoms with Gasteiger partial charge in [-0.1, -0.05) is 40.0 Å². The van der Waals surface area contributed by atoms with Gasteiger partial charge in [-0.25, -0.2) is 0 Å². The van der Waals surface area contributed by atoms with Crippen molar-refractivity contribution in [2.75, 3.05) is 19.8 Å². The Balaban J connectivity index is 2.83. The van der Waals surface area contributed by atoms with Gasteiger partial charge in [-0.05, 0) is 19.3 Å². The molecule has 24 heavy (non-hydrogen) atoms. The van der Waals surface area contributed by atoms with Crippen LogP contribution >= 0.6 is 0 Å². The van der Waals surface area contributed by atoms with Gasteiger partial charge < -0.3 is 29.5 Å². The maximum absolute atomic E-state index is 10.4. The van der Waals surface area contributed by atoms with E-state index in [2.05, 4.69) is 20.8 Å². The molecule has 0 saturated heterocycles. The van der Waals surface area contributed by atoms with Crippen LogP contribution in [0.15, 0.2) is 0 Å². The van der Waals surface area contributed by atoms with E-state index in [0.29, 0.717) is 19.8 Å².